The van der Waals surface area contributed by atoms with Crippen LogP contribution in [0.1, 0.15) is 31.2 Å². The number of benzene rings is 1. The normalized spacial score (nSPS) is 22.6. The molecule has 1 aromatic carbocycles. The van der Waals surface area contributed by atoms with E-state index in [1.807, 2.05) is 6.07 Å². The van der Waals surface area contributed by atoms with E-state index in [0.29, 0.717) is 38.5 Å². The second-order valence-electron chi connectivity index (χ2n) is 6.61. The van der Waals surface area contributed by atoms with Crippen molar-refractivity contribution >= 4 is 18.3 Å². The lowest BCUT2D eigenvalue weighted by molar-refractivity contribution is -0.130. The molecule has 1 amide bonds. The van der Waals surface area contributed by atoms with Crippen LogP contribution in [0, 0.1) is 11.7 Å². The first-order valence-electron chi connectivity index (χ1n) is 8.53. The zero-order valence-corrected chi connectivity index (χ0v) is 14.7. The third-order valence-corrected chi connectivity index (χ3v) is 5.16. The Morgan fingerprint density at radius 1 is 1.38 bits per heavy atom. The Hall–Kier alpha value is -1.17. The molecule has 134 valence electrons. The second kappa shape index (κ2) is 8.79. The number of carbonyl (C=O) groups is 1. The van der Waals surface area contributed by atoms with E-state index in [9.17, 15) is 9.18 Å². The van der Waals surface area contributed by atoms with Crippen molar-refractivity contribution in [2.75, 3.05) is 32.8 Å². The molecule has 1 unspecified atom stereocenters. The van der Waals surface area contributed by atoms with Crippen molar-refractivity contribution in [2.24, 2.45) is 5.92 Å². The van der Waals surface area contributed by atoms with Gasteiger partial charge in [-0.05, 0) is 62.4 Å². The maximum atomic E-state index is 13.6. The van der Waals surface area contributed by atoms with Crippen molar-refractivity contribution in [3.05, 3.63) is 35.6 Å². The standard InChI is InChI=1S/C18H25FN2O2.ClH/c19-16-3-1-2-15(12-16)18(6-10-23-11-7-18)17(22)21-9-5-14-4-8-20-13-14;/h1-3,12,14,20H,4-11,13H2,(H,21,22);1H. The maximum absolute atomic E-state index is 13.6. The molecule has 0 radical (unpaired) electrons. The fraction of sp³-hybridized carbons (Fsp3) is 0.611. The summed E-state index contributed by atoms with van der Waals surface area (Å²) >= 11 is 0. The average molecular weight is 357 g/mol. The molecule has 24 heavy (non-hydrogen) atoms. The molecular weight excluding hydrogens is 331 g/mol. The van der Waals surface area contributed by atoms with Gasteiger partial charge < -0.3 is 15.4 Å². The Balaban J connectivity index is 0.00000208. The molecule has 3 rings (SSSR count). The van der Waals surface area contributed by atoms with Crippen LogP contribution in [0.25, 0.3) is 0 Å². The zero-order chi connectivity index (χ0) is 16.1. The molecule has 1 aromatic rings. The molecule has 0 spiro atoms. The van der Waals surface area contributed by atoms with Crippen LogP contribution < -0.4 is 10.6 Å². The molecule has 0 aromatic heterocycles. The summed E-state index contributed by atoms with van der Waals surface area (Å²) in [7, 11) is 0. The van der Waals surface area contributed by atoms with Crippen molar-refractivity contribution < 1.29 is 13.9 Å². The number of rotatable bonds is 5. The number of hydrogen-bond donors (Lipinski definition) is 2. The first kappa shape index (κ1) is 19.2. The monoisotopic (exact) mass is 356 g/mol. The molecule has 2 fully saturated rings. The summed E-state index contributed by atoms with van der Waals surface area (Å²) in [6.07, 6.45) is 3.38. The van der Waals surface area contributed by atoms with Crippen molar-refractivity contribution in [2.45, 2.75) is 31.1 Å². The number of halogens is 2. The summed E-state index contributed by atoms with van der Waals surface area (Å²) in [6, 6.07) is 6.45. The highest BCUT2D eigenvalue weighted by molar-refractivity contribution is 5.88. The van der Waals surface area contributed by atoms with Gasteiger partial charge in [0.2, 0.25) is 5.91 Å². The fourth-order valence-corrected chi connectivity index (χ4v) is 3.67. The molecule has 2 saturated heterocycles. The van der Waals surface area contributed by atoms with E-state index in [4.69, 9.17) is 4.74 Å². The summed E-state index contributed by atoms with van der Waals surface area (Å²) in [5.74, 6) is 0.366. The van der Waals surface area contributed by atoms with Crippen LogP contribution in [0.5, 0.6) is 0 Å². The van der Waals surface area contributed by atoms with Gasteiger partial charge in [0.1, 0.15) is 5.82 Å². The minimum Gasteiger partial charge on any atom is -0.381 e. The quantitative estimate of drug-likeness (QED) is 0.851. The Morgan fingerprint density at radius 3 is 2.83 bits per heavy atom. The molecule has 2 aliphatic rings. The van der Waals surface area contributed by atoms with Gasteiger partial charge in [0.15, 0.2) is 0 Å². The smallest absolute Gasteiger partial charge is 0.230 e. The first-order chi connectivity index (χ1) is 11.2. The maximum Gasteiger partial charge on any atom is 0.230 e. The van der Waals surface area contributed by atoms with Crippen LogP contribution >= 0.6 is 12.4 Å². The van der Waals surface area contributed by atoms with Crippen molar-refractivity contribution in [1.29, 1.82) is 0 Å². The molecule has 0 aliphatic carbocycles. The van der Waals surface area contributed by atoms with Crippen molar-refractivity contribution in [3.63, 3.8) is 0 Å². The molecule has 0 bridgehead atoms. The minimum atomic E-state index is -0.658. The number of nitrogens with one attached hydrogen (secondary N) is 2. The number of ether oxygens (including phenoxy) is 1. The second-order valence-corrected chi connectivity index (χ2v) is 6.61. The van der Waals surface area contributed by atoms with Gasteiger partial charge in [0.25, 0.3) is 0 Å². The zero-order valence-electron chi connectivity index (χ0n) is 13.9. The molecule has 2 N–H and O–H groups in total. The fourth-order valence-electron chi connectivity index (χ4n) is 3.67. The van der Waals surface area contributed by atoms with Crippen LogP contribution in [0.3, 0.4) is 0 Å². The van der Waals surface area contributed by atoms with E-state index in [1.54, 1.807) is 6.07 Å². The van der Waals surface area contributed by atoms with Crippen molar-refractivity contribution in [1.82, 2.24) is 10.6 Å². The third kappa shape index (κ3) is 4.26. The molecule has 2 heterocycles. The van der Waals surface area contributed by atoms with Gasteiger partial charge >= 0.3 is 0 Å². The molecule has 0 saturated carbocycles. The van der Waals surface area contributed by atoms with Gasteiger partial charge in [-0.2, -0.15) is 0 Å². The lowest BCUT2D eigenvalue weighted by atomic mass is 9.73. The summed E-state index contributed by atoms with van der Waals surface area (Å²) in [6.45, 7) is 3.87. The predicted octanol–water partition coefficient (Wildman–Crippen LogP) is 2.41. The highest BCUT2D eigenvalue weighted by atomic mass is 35.5. The van der Waals surface area contributed by atoms with Gasteiger partial charge in [-0.3, -0.25) is 4.79 Å². The minimum absolute atomic E-state index is 0. The molecule has 6 heteroatoms. The first-order valence-corrected chi connectivity index (χ1v) is 8.53. The average Bonchev–Trinajstić information content (AvgIpc) is 3.09. The molecule has 2 aliphatic heterocycles. The van der Waals surface area contributed by atoms with Crippen LogP contribution in [0.15, 0.2) is 24.3 Å². The van der Waals surface area contributed by atoms with Crippen molar-refractivity contribution in [3.8, 4) is 0 Å². The number of carbonyl (C=O) groups excluding carboxylic acids is 1. The van der Waals surface area contributed by atoms with E-state index >= 15 is 0 Å². The molecule has 1 atom stereocenters. The van der Waals surface area contributed by atoms with Gasteiger partial charge in [0.05, 0.1) is 5.41 Å². The Morgan fingerprint density at radius 2 is 2.17 bits per heavy atom. The number of hydrogen-bond acceptors (Lipinski definition) is 3. The van der Waals surface area contributed by atoms with E-state index < -0.39 is 5.41 Å². The number of amides is 1. The van der Waals surface area contributed by atoms with Gasteiger partial charge in [-0.1, -0.05) is 12.1 Å². The third-order valence-electron chi connectivity index (χ3n) is 5.16. The SMILES string of the molecule is Cl.O=C(NCCC1CCNC1)C1(c2cccc(F)c2)CCOCC1. The predicted molar refractivity (Wildman–Crippen MR) is 94.0 cm³/mol. The van der Waals surface area contributed by atoms with E-state index in [-0.39, 0.29) is 24.1 Å². The Bertz CT molecular complexity index is 544. The Labute approximate surface area is 148 Å². The highest BCUT2D eigenvalue weighted by Gasteiger charge is 2.41. The Kier molecular flexibility index (Phi) is 7.02. The van der Waals surface area contributed by atoms with E-state index in [1.165, 1.54) is 18.6 Å². The largest absolute Gasteiger partial charge is 0.381 e. The summed E-state index contributed by atoms with van der Waals surface area (Å²) in [5, 5.41) is 6.44. The lowest BCUT2D eigenvalue weighted by Crippen LogP contribution is -2.48. The van der Waals surface area contributed by atoms with Crippen LogP contribution in [0.2, 0.25) is 0 Å². The molecule has 4 nitrogen and oxygen atoms in total. The van der Waals surface area contributed by atoms with Gasteiger partial charge in [-0.15, -0.1) is 12.4 Å². The highest BCUT2D eigenvalue weighted by Crippen LogP contribution is 2.35. The van der Waals surface area contributed by atoms with E-state index in [2.05, 4.69) is 10.6 Å². The lowest BCUT2D eigenvalue weighted by Gasteiger charge is -2.36. The summed E-state index contributed by atoms with van der Waals surface area (Å²) in [4.78, 5) is 12.9. The van der Waals surface area contributed by atoms with E-state index in [0.717, 1.165) is 25.1 Å². The summed E-state index contributed by atoms with van der Waals surface area (Å²) in [5.41, 5.74) is 0.106. The molecular formula is C18H26ClFN2O2. The van der Waals surface area contributed by atoms with Crippen LogP contribution in [0.4, 0.5) is 4.39 Å². The van der Waals surface area contributed by atoms with Gasteiger partial charge in [0, 0.05) is 19.8 Å². The van der Waals surface area contributed by atoms with Crippen LogP contribution in [-0.4, -0.2) is 38.8 Å². The van der Waals surface area contributed by atoms with Gasteiger partial charge in [-0.25, -0.2) is 4.39 Å². The topological polar surface area (TPSA) is 50.4 Å². The van der Waals surface area contributed by atoms with Crippen LogP contribution in [-0.2, 0) is 14.9 Å². The summed E-state index contributed by atoms with van der Waals surface area (Å²) < 4.78 is 19.1.